The number of nitrogens with zero attached hydrogens (tertiary/aromatic N) is 1. The van der Waals surface area contributed by atoms with E-state index in [2.05, 4.69) is 21.0 Å². The second-order valence-corrected chi connectivity index (χ2v) is 3.00. The topological polar surface area (TPSA) is 42.8 Å². The van der Waals surface area contributed by atoms with Gasteiger partial charge in [-0.05, 0) is 23.2 Å². The highest BCUT2D eigenvalue weighted by Gasteiger charge is 2.07. The number of rotatable bonds is 0. The van der Waals surface area contributed by atoms with Gasteiger partial charge in [-0.3, -0.25) is 0 Å². The van der Waals surface area contributed by atoms with Crippen molar-refractivity contribution < 1.29 is 4.98 Å². The zero-order valence-electron chi connectivity index (χ0n) is 6.91. The van der Waals surface area contributed by atoms with Crippen molar-refractivity contribution in [3.05, 3.63) is 36.8 Å². The van der Waals surface area contributed by atoms with E-state index >= 15 is 0 Å². The molecule has 3 heterocycles. The fourth-order valence-corrected chi connectivity index (χ4v) is 1.60. The van der Waals surface area contributed by atoms with Crippen molar-refractivity contribution in [3.63, 3.8) is 0 Å². The molecule has 0 aliphatic carbocycles. The van der Waals surface area contributed by atoms with E-state index in [0.29, 0.717) is 0 Å². The van der Waals surface area contributed by atoms with Crippen LogP contribution in [0.15, 0.2) is 36.8 Å². The molecule has 0 amide bonds. The van der Waals surface area contributed by atoms with E-state index in [1.54, 1.807) is 6.20 Å². The Balaban J connectivity index is 2.65. The summed E-state index contributed by atoms with van der Waals surface area (Å²) in [5, 5.41) is 2.31. The molecule has 3 rings (SSSR count). The molecule has 0 saturated heterocycles. The van der Waals surface area contributed by atoms with Gasteiger partial charge in [0.15, 0.2) is 0 Å². The minimum Gasteiger partial charge on any atom is -0.360 e. The van der Waals surface area contributed by atoms with Crippen molar-refractivity contribution in [2.24, 2.45) is 0 Å². The maximum atomic E-state index is 4.19. The van der Waals surface area contributed by atoms with Gasteiger partial charge in [-0.25, -0.2) is 4.98 Å². The third-order valence-electron chi connectivity index (χ3n) is 2.22. The molecule has 3 nitrogen and oxygen atoms in total. The Morgan fingerprint density at radius 2 is 2.31 bits per heavy atom. The van der Waals surface area contributed by atoms with Crippen LogP contribution < -0.4 is 4.98 Å². The van der Waals surface area contributed by atoms with Crippen molar-refractivity contribution >= 4 is 21.9 Å². The normalized spacial score (nSPS) is 11.1. The summed E-state index contributed by atoms with van der Waals surface area (Å²) >= 11 is 0. The molecule has 0 spiro atoms. The van der Waals surface area contributed by atoms with Gasteiger partial charge in [-0.2, -0.15) is 0 Å². The molecular formula is C10H8N3+. The number of hydrogen-bond donors (Lipinski definition) is 1. The lowest BCUT2D eigenvalue weighted by Gasteiger charge is -1.94. The molecule has 3 aromatic heterocycles. The number of hydrogen-bond acceptors (Lipinski definition) is 1. The van der Waals surface area contributed by atoms with Crippen LogP contribution >= 0.6 is 0 Å². The van der Waals surface area contributed by atoms with Crippen LogP contribution in [0.25, 0.3) is 21.9 Å². The lowest BCUT2D eigenvalue weighted by atomic mass is 10.2. The van der Waals surface area contributed by atoms with Gasteiger partial charge in [-0.15, -0.1) is 0 Å². The molecule has 62 valence electrons. The van der Waals surface area contributed by atoms with E-state index in [0.717, 1.165) is 16.6 Å². The zero-order chi connectivity index (χ0) is 8.67. The van der Waals surface area contributed by atoms with Crippen molar-refractivity contribution in [1.29, 1.82) is 0 Å². The zero-order valence-corrected chi connectivity index (χ0v) is 6.91. The predicted octanol–water partition coefficient (Wildman–Crippen LogP) is 1.53. The summed E-state index contributed by atoms with van der Waals surface area (Å²) in [6, 6.07) is 6.05. The van der Waals surface area contributed by atoms with Gasteiger partial charge < -0.3 is 4.98 Å². The summed E-state index contributed by atoms with van der Waals surface area (Å²) < 4.78 is 0. The lowest BCUT2D eigenvalue weighted by Crippen LogP contribution is -2.02. The molecule has 0 aliphatic heterocycles. The number of aromatic amines is 2. The molecule has 3 aromatic rings. The van der Waals surface area contributed by atoms with Gasteiger partial charge in [0.1, 0.15) is 6.20 Å². The molecule has 3 heteroatoms. The lowest BCUT2D eigenvalue weighted by molar-refractivity contribution is -0.345. The molecule has 0 fully saturated rings. The SMILES string of the molecule is c1c[nH]c2c(c1)c[nH+]c1nccc12. The standard InChI is InChI=1S/C10H7N3/c1-2-7-6-13-10-8(3-5-12-10)9(7)11-4-1/h1-6,11H/p+1. The smallest absolute Gasteiger partial charge is 0.330 e. The van der Waals surface area contributed by atoms with Gasteiger partial charge in [0.05, 0.1) is 17.1 Å². The monoisotopic (exact) mass is 170 g/mol. The molecule has 2 N–H and O–H groups in total. The van der Waals surface area contributed by atoms with Crippen LogP contribution in [-0.2, 0) is 0 Å². The Hall–Kier alpha value is -1.90. The molecule has 0 bridgehead atoms. The van der Waals surface area contributed by atoms with Crippen LogP contribution in [0.2, 0.25) is 0 Å². The Morgan fingerprint density at radius 3 is 3.31 bits per heavy atom. The predicted molar refractivity (Wildman–Crippen MR) is 50.2 cm³/mol. The van der Waals surface area contributed by atoms with E-state index < -0.39 is 0 Å². The van der Waals surface area contributed by atoms with Gasteiger partial charge in [0.2, 0.25) is 0 Å². The minimum atomic E-state index is 0.926. The van der Waals surface area contributed by atoms with Gasteiger partial charge in [-0.1, -0.05) is 0 Å². The Morgan fingerprint density at radius 1 is 1.31 bits per heavy atom. The number of H-pyrrole nitrogens is 2. The first kappa shape index (κ1) is 6.60. The fourth-order valence-electron chi connectivity index (χ4n) is 1.60. The van der Waals surface area contributed by atoms with Crippen LogP contribution in [0.3, 0.4) is 0 Å². The van der Waals surface area contributed by atoms with Crippen LogP contribution in [0.5, 0.6) is 0 Å². The highest BCUT2D eigenvalue weighted by molar-refractivity contribution is 5.99. The first-order valence-corrected chi connectivity index (χ1v) is 4.18. The molecule has 0 aromatic carbocycles. The highest BCUT2D eigenvalue weighted by atomic mass is 14.8. The summed E-state index contributed by atoms with van der Waals surface area (Å²) in [6.45, 7) is 0. The maximum Gasteiger partial charge on any atom is 0.330 e. The van der Waals surface area contributed by atoms with E-state index in [1.807, 2.05) is 24.5 Å². The quantitative estimate of drug-likeness (QED) is 0.546. The first-order chi connectivity index (χ1) is 6.45. The number of nitrogens with one attached hydrogen (secondary N) is 2. The van der Waals surface area contributed by atoms with E-state index in [-0.39, 0.29) is 0 Å². The molecule has 0 aliphatic rings. The molecule has 0 radical (unpaired) electrons. The fraction of sp³-hybridized carbons (Fsp3) is 0. The highest BCUT2D eigenvalue weighted by Crippen LogP contribution is 2.17. The maximum absolute atomic E-state index is 4.19. The molecule has 0 saturated carbocycles. The minimum absolute atomic E-state index is 0.926. The first-order valence-electron chi connectivity index (χ1n) is 4.18. The van der Waals surface area contributed by atoms with Crippen molar-refractivity contribution in [3.8, 4) is 0 Å². The van der Waals surface area contributed by atoms with Crippen molar-refractivity contribution in [1.82, 2.24) is 9.97 Å². The summed E-state index contributed by atoms with van der Waals surface area (Å²) in [5.41, 5.74) is 2.06. The van der Waals surface area contributed by atoms with Crippen molar-refractivity contribution in [2.45, 2.75) is 0 Å². The summed E-state index contributed by atoms with van der Waals surface area (Å²) in [6.07, 6.45) is 5.69. The van der Waals surface area contributed by atoms with Crippen LogP contribution in [0, 0.1) is 0 Å². The molecule has 0 unspecified atom stereocenters. The third kappa shape index (κ3) is 0.839. The average Bonchev–Trinajstić information content (AvgIpc) is 2.65. The van der Waals surface area contributed by atoms with E-state index in [9.17, 15) is 0 Å². The third-order valence-corrected chi connectivity index (χ3v) is 2.22. The summed E-state index contributed by atoms with van der Waals surface area (Å²) in [5.74, 6) is 0. The van der Waals surface area contributed by atoms with Crippen LogP contribution in [0.4, 0.5) is 0 Å². The molecular weight excluding hydrogens is 162 g/mol. The van der Waals surface area contributed by atoms with Crippen molar-refractivity contribution in [2.75, 3.05) is 0 Å². The second-order valence-electron chi connectivity index (χ2n) is 3.00. The Bertz CT molecular complexity index is 568. The van der Waals surface area contributed by atoms with E-state index in [1.165, 1.54) is 5.39 Å². The molecule has 13 heavy (non-hydrogen) atoms. The summed E-state index contributed by atoms with van der Waals surface area (Å²) in [7, 11) is 0. The van der Waals surface area contributed by atoms with Gasteiger partial charge >= 0.3 is 5.65 Å². The largest absolute Gasteiger partial charge is 0.360 e. The summed E-state index contributed by atoms with van der Waals surface area (Å²) in [4.78, 5) is 10.6. The Labute approximate surface area is 74.4 Å². The number of pyridine rings is 2. The number of fused-ring (bicyclic) bond motifs is 3. The number of aromatic nitrogens is 3. The van der Waals surface area contributed by atoms with Crippen LogP contribution in [0.1, 0.15) is 0 Å². The van der Waals surface area contributed by atoms with Gasteiger partial charge in [0.25, 0.3) is 0 Å². The average molecular weight is 170 g/mol. The van der Waals surface area contributed by atoms with Gasteiger partial charge in [0, 0.05) is 11.6 Å². The Kier molecular flexibility index (Phi) is 1.16. The van der Waals surface area contributed by atoms with Crippen LogP contribution in [-0.4, -0.2) is 9.97 Å². The second kappa shape index (κ2) is 2.29. The molecule has 0 atom stereocenters. The van der Waals surface area contributed by atoms with E-state index in [4.69, 9.17) is 0 Å².